The zero-order valence-electron chi connectivity index (χ0n) is 7.39. The first-order valence-corrected chi connectivity index (χ1v) is 4.81. The van der Waals surface area contributed by atoms with Crippen LogP contribution in [0, 0.1) is 13.8 Å². The van der Waals surface area contributed by atoms with E-state index in [0.717, 1.165) is 10.9 Å². The summed E-state index contributed by atoms with van der Waals surface area (Å²) in [5.41, 5.74) is 3.78. The monoisotopic (exact) mass is 228 g/mol. The highest BCUT2D eigenvalue weighted by molar-refractivity contribution is 9.10. The van der Waals surface area contributed by atoms with Gasteiger partial charge >= 0.3 is 0 Å². The molecule has 1 N–H and O–H groups in total. The van der Waals surface area contributed by atoms with Crippen LogP contribution in [0.4, 0.5) is 0 Å². The molecule has 66 valence electrons. The Morgan fingerprint density at radius 1 is 1.33 bits per heavy atom. The lowest BCUT2D eigenvalue weighted by molar-refractivity contribution is 0.299. The summed E-state index contributed by atoms with van der Waals surface area (Å²) < 4.78 is 1.10. The van der Waals surface area contributed by atoms with Gasteiger partial charge in [-0.25, -0.2) is 0 Å². The van der Waals surface area contributed by atoms with Crippen LogP contribution in [-0.2, 0) is 6.42 Å². The molecule has 1 aromatic rings. The van der Waals surface area contributed by atoms with Crippen molar-refractivity contribution in [1.82, 2.24) is 0 Å². The fourth-order valence-electron chi connectivity index (χ4n) is 1.26. The lowest BCUT2D eigenvalue weighted by Crippen LogP contribution is -1.97. The van der Waals surface area contributed by atoms with Crippen molar-refractivity contribution >= 4 is 15.9 Å². The van der Waals surface area contributed by atoms with Crippen LogP contribution in [0.15, 0.2) is 16.6 Å². The Kier molecular flexibility index (Phi) is 3.29. The van der Waals surface area contributed by atoms with Crippen LogP contribution in [0.5, 0.6) is 0 Å². The fourth-order valence-corrected chi connectivity index (χ4v) is 1.89. The van der Waals surface area contributed by atoms with Crippen molar-refractivity contribution in [3.63, 3.8) is 0 Å². The van der Waals surface area contributed by atoms with E-state index in [-0.39, 0.29) is 6.61 Å². The van der Waals surface area contributed by atoms with E-state index in [1.807, 2.05) is 6.07 Å². The molecule has 0 spiro atoms. The zero-order chi connectivity index (χ0) is 9.14. The third-order valence-electron chi connectivity index (χ3n) is 2.17. The summed E-state index contributed by atoms with van der Waals surface area (Å²) in [5.74, 6) is 0. The molecule has 0 saturated heterocycles. The first kappa shape index (κ1) is 9.75. The molecule has 1 rings (SSSR count). The molecule has 12 heavy (non-hydrogen) atoms. The van der Waals surface area contributed by atoms with Crippen LogP contribution in [0.3, 0.4) is 0 Å². The van der Waals surface area contributed by atoms with Gasteiger partial charge in [0.05, 0.1) is 0 Å². The summed E-state index contributed by atoms with van der Waals surface area (Å²) >= 11 is 3.47. The third kappa shape index (κ3) is 1.87. The predicted octanol–water partition coefficient (Wildman–Crippen LogP) is 2.60. The van der Waals surface area contributed by atoms with Crippen molar-refractivity contribution < 1.29 is 5.11 Å². The van der Waals surface area contributed by atoms with Gasteiger partial charge in [-0.2, -0.15) is 0 Å². The first-order valence-electron chi connectivity index (χ1n) is 4.02. The number of aryl methyl sites for hydroxylation is 1. The minimum atomic E-state index is 0.211. The first-order chi connectivity index (χ1) is 5.66. The average Bonchev–Trinajstić information content (AvgIpc) is 2.06. The SMILES string of the molecule is Cc1ccc(Br)c(CCO)c1C. The molecular formula is C10H13BrO. The van der Waals surface area contributed by atoms with Crippen molar-refractivity contribution in [2.75, 3.05) is 6.61 Å². The van der Waals surface area contributed by atoms with Gasteiger partial charge in [-0.15, -0.1) is 0 Å². The normalized spacial score (nSPS) is 10.3. The van der Waals surface area contributed by atoms with Crippen LogP contribution in [0.25, 0.3) is 0 Å². The molecule has 0 atom stereocenters. The lowest BCUT2D eigenvalue weighted by Gasteiger charge is -2.09. The highest BCUT2D eigenvalue weighted by Gasteiger charge is 2.04. The summed E-state index contributed by atoms with van der Waals surface area (Å²) in [4.78, 5) is 0. The predicted molar refractivity (Wildman–Crippen MR) is 54.4 cm³/mol. The van der Waals surface area contributed by atoms with Crippen LogP contribution in [0.1, 0.15) is 16.7 Å². The molecule has 0 radical (unpaired) electrons. The molecule has 0 amide bonds. The molecule has 0 aromatic heterocycles. The Morgan fingerprint density at radius 2 is 2.00 bits per heavy atom. The summed E-state index contributed by atoms with van der Waals surface area (Å²) in [6, 6.07) is 4.12. The van der Waals surface area contributed by atoms with Gasteiger partial charge in [0.2, 0.25) is 0 Å². The van der Waals surface area contributed by atoms with Gasteiger partial charge in [0.25, 0.3) is 0 Å². The van der Waals surface area contributed by atoms with E-state index in [9.17, 15) is 0 Å². The Hall–Kier alpha value is -0.340. The third-order valence-corrected chi connectivity index (χ3v) is 2.92. The molecule has 0 bridgehead atoms. The Bertz CT molecular complexity index is 281. The Morgan fingerprint density at radius 3 is 2.58 bits per heavy atom. The van der Waals surface area contributed by atoms with Gasteiger partial charge in [-0.05, 0) is 43.0 Å². The molecular weight excluding hydrogens is 216 g/mol. The van der Waals surface area contributed by atoms with Crippen LogP contribution in [0.2, 0.25) is 0 Å². The van der Waals surface area contributed by atoms with Crippen molar-refractivity contribution in [1.29, 1.82) is 0 Å². The molecule has 0 fully saturated rings. The summed E-state index contributed by atoms with van der Waals surface area (Å²) in [7, 11) is 0. The van der Waals surface area contributed by atoms with Gasteiger partial charge in [0.1, 0.15) is 0 Å². The molecule has 0 aliphatic heterocycles. The highest BCUT2D eigenvalue weighted by atomic mass is 79.9. The van der Waals surface area contributed by atoms with Crippen molar-refractivity contribution in [2.24, 2.45) is 0 Å². The molecule has 1 aromatic carbocycles. The fraction of sp³-hybridized carbons (Fsp3) is 0.400. The zero-order valence-corrected chi connectivity index (χ0v) is 8.98. The number of hydrogen-bond acceptors (Lipinski definition) is 1. The molecule has 0 unspecified atom stereocenters. The number of hydrogen-bond donors (Lipinski definition) is 1. The van der Waals surface area contributed by atoms with E-state index in [0.29, 0.717) is 0 Å². The minimum Gasteiger partial charge on any atom is -0.396 e. The largest absolute Gasteiger partial charge is 0.396 e. The number of benzene rings is 1. The quantitative estimate of drug-likeness (QED) is 0.826. The van der Waals surface area contributed by atoms with Crippen LogP contribution >= 0.6 is 15.9 Å². The second-order valence-electron chi connectivity index (χ2n) is 2.94. The van der Waals surface area contributed by atoms with Gasteiger partial charge in [0, 0.05) is 11.1 Å². The van der Waals surface area contributed by atoms with Gasteiger partial charge in [-0.3, -0.25) is 0 Å². The molecule has 0 aliphatic rings. The van der Waals surface area contributed by atoms with Crippen molar-refractivity contribution in [3.8, 4) is 0 Å². The molecule has 2 heteroatoms. The maximum absolute atomic E-state index is 8.84. The van der Waals surface area contributed by atoms with E-state index in [2.05, 4.69) is 35.8 Å². The number of rotatable bonds is 2. The topological polar surface area (TPSA) is 20.2 Å². The van der Waals surface area contributed by atoms with E-state index >= 15 is 0 Å². The lowest BCUT2D eigenvalue weighted by atomic mass is 10.0. The molecule has 0 aliphatic carbocycles. The smallest absolute Gasteiger partial charge is 0.0471 e. The number of aliphatic hydroxyl groups is 1. The second kappa shape index (κ2) is 4.06. The Balaban J connectivity index is 3.14. The van der Waals surface area contributed by atoms with E-state index in [4.69, 9.17) is 5.11 Å². The average molecular weight is 229 g/mol. The molecule has 1 nitrogen and oxygen atoms in total. The standard InChI is InChI=1S/C10H13BrO/c1-7-3-4-10(11)9(5-6-12)8(7)2/h3-4,12H,5-6H2,1-2H3. The maximum Gasteiger partial charge on any atom is 0.0471 e. The van der Waals surface area contributed by atoms with Crippen molar-refractivity contribution in [2.45, 2.75) is 20.3 Å². The highest BCUT2D eigenvalue weighted by Crippen LogP contribution is 2.23. The van der Waals surface area contributed by atoms with E-state index in [1.165, 1.54) is 16.7 Å². The van der Waals surface area contributed by atoms with Crippen LogP contribution < -0.4 is 0 Å². The summed E-state index contributed by atoms with van der Waals surface area (Å²) in [5, 5.41) is 8.84. The second-order valence-corrected chi connectivity index (χ2v) is 3.80. The van der Waals surface area contributed by atoms with E-state index in [1.54, 1.807) is 0 Å². The van der Waals surface area contributed by atoms with Crippen molar-refractivity contribution in [3.05, 3.63) is 33.3 Å². The van der Waals surface area contributed by atoms with Gasteiger partial charge in [-0.1, -0.05) is 22.0 Å². The van der Waals surface area contributed by atoms with E-state index < -0.39 is 0 Å². The number of halogens is 1. The minimum absolute atomic E-state index is 0.211. The van der Waals surface area contributed by atoms with Gasteiger partial charge in [0.15, 0.2) is 0 Å². The van der Waals surface area contributed by atoms with Crippen LogP contribution in [-0.4, -0.2) is 11.7 Å². The number of aliphatic hydroxyl groups excluding tert-OH is 1. The maximum atomic E-state index is 8.84. The molecule has 0 heterocycles. The summed E-state index contributed by atoms with van der Waals surface area (Å²) in [6.07, 6.45) is 0.730. The summed E-state index contributed by atoms with van der Waals surface area (Å²) in [6.45, 7) is 4.39. The Labute approximate surface area is 81.6 Å². The molecule has 0 saturated carbocycles. The van der Waals surface area contributed by atoms with Gasteiger partial charge < -0.3 is 5.11 Å².